The fourth-order valence-electron chi connectivity index (χ4n) is 4.53. The van der Waals surface area contributed by atoms with Crippen molar-refractivity contribution in [3.05, 3.63) is 36.0 Å². The van der Waals surface area contributed by atoms with E-state index in [-0.39, 0.29) is 17.9 Å². The van der Waals surface area contributed by atoms with Crippen LogP contribution in [0.15, 0.2) is 30.5 Å². The van der Waals surface area contributed by atoms with E-state index in [1.54, 1.807) is 6.92 Å². The predicted molar refractivity (Wildman–Crippen MR) is 110 cm³/mol. The number of aromatic nitrogens is 1. The summed E-state index contributed by atoms with van der Waals surface area (Å²) >= 11 is 0. The van der Waals surface area contributed by atoms with Crippen LogP contribution >= 0.6 is 0 Å². The average molecular weight is 396 g/mol. The van der Waals surface area contributed by atoms with Gasteiger partial charge in [0.25, 0.3) is 5.91 Å². The first-order chi connectivity index (χ1) is 14.0. The number of para-hydroxylation sites is 1. The largest absolute Gasteiger partial charge is 0.361 e. The molecule has 3 N–H and O–H groups in total. The predicted octanol–water partition coefficient (Wildman–Crippen LogP) is 2.71. The number of hydrogen-bond donors (Lipinski definition) is 3. The summed E-state index contributed by atoms with van der Waals surface area (Å²) in [5.41, 5.74) is 1.96. The number of nitrogens with zero attached hydrogens (tertiary/aromatic N) is 1. The number of H-pyrrole nitrogens is 1. The van der Waals surface area contributed by atoms with Gasteiger partial charge in [-0.2, -0.15) is 0 Å². The average Bonchev–Trinajstić information content (AvgIpc) is 3.24. The van der Waals surface area contributed by atoms with Gasteiger partial charge in [-0.1, -0.05) is 38.0 Å². The number of fused-ring (bicyclic) bond motifs is 1. The molecule has 2 fully saturated rings. The summed E-state index contributed by atoms with van der Waals surface area (Å²) < 4.78 is 0. The molecule has 4 amide bonds. The Balaban J connectivity index is 1.44. The third-order valence-electron chi connectivity index (χ3n) is 6.36. The zero-order chi connectivity index (χ0) is 20.5. The number of nitrogens with one attached hydrogen (secondary N) is 3. The van der Waals surface area contributed by atoms with Crippen molar-refractivity contribution in [1.29, 1.82) is 0 Å². The summed E-state index contributed by atoms with van der Waals surface area (Å²) in [6, 6.07) is 5.97. The van der Waals surface area contributed by atoms with Crippen molar-refractivity contribution in [2.45, 2.75) is 64.1 Å². The van der Waals surface area contributed by atoms with Gasteiger partial charge >= 0.3 is 6.03 Å². The second kappa shape index (κ2) is 7.89. The number of benzene rings is 1. The van der Waals surface area contributed by atoms with Crippen LogP contribution in [0.4, 0.5) is 4.79 Å². The number of rotatable bonds is 5. The number of urea groups is 1. The van der Waals surface area contributed by atoms with Gasteiger partial charge in [-0.15, -0.1) is 0 Å². The highest BCUT2D eigenvalue weighted by Gasteiger charge is 2.43. The molecule has 0 bridgehead atoms. The van der Waals surface area contributed by atoms with Gasteiger partial charge in [0, 0.05) is 29.6 Å². The second-order valence-corrected chi connectivity index (χ2v) is 8.33. The molecule has 0 radical (unpaired) electrons. The van der Waals surface area contributed by atoms with Gasteiger partial charge in [-0.3, -0.25) is 14.5 Å². The van der Waals surface area contributed by atoms with Crippen LogP contribution in [0.25, 0.3) is 10.9 Å². The normalized spacial score (nSPS) is 25.9. The molecule has 0 spiro atoms. The van der Waals surface area contributed by atoms with E-state index in [1.165, 1.54) is 6.42 Å². The summed E-state index contributed by atoms with van der Waals surface area (Å²) in [4.78, 5) is 42.4. The van der Waals surface area contributed by atoms with Crippen molar-refractivity contribution in [3.63, 3.8) is 0 Å². The molecule has 2 aromatic rings. The monoisotopic (exact) mass is 396 g/mol. The summed E-state index contributed by atoms with van der Waals surface area (Å²) in [5.74, 6) is -0.197. The maximum Gasteiger partial charge on any atom is 0.325 e. The lowest BCUT2D eigenvalue weighted by atomic mass is 9.86. The first kappa shape index (κ1) is 19.5. The molecule has 1 aliphatic heterocycles. The molecule has 1 aliphatic carbocycles. The Labute approximate surface area is 170 Å². The van der Waals surface area contributed by atoms with Gasteiger partial charge in [0.15, 0.2) is 0 Å². The molecule has 7 heteroatoms. The zero-order valence-corrected chi connectivity index (χ0v) is 16.9. The van der Waals surface area contributed by atoms with Crippen molar-refractivity contribution in [2.75, 3.05) is 0 Å². The molecule has 2 heterocycles. The lowest BCUT2D eigenvalue weighted by Crippen LogP contribution is -2.52. The standard InChI is InChI=1S/C22H28N4O3/c1-13-7-3-5-9-17(13)24-20(27)14(2)26-21(28)19(25-22(26)29)11-15-12-23-18-10-6-4-8-16(15)18/h4,6,8,10,12-14,17,19,23H,3,5,7,9,11H2,1-2H3,(H,24,27)(H,25,29)/t13-,14+,17+,19-/m1/s1. The highest BCUT2D eigenvalue weighted by atomic mass is 16.2. The van der Waals surface area contributed by atoms with E-state index in [1.807, 2.05) is 30.5 Å². The van der Waals surface area contributed by atoms with Crippen LogP contribution in [0.2, 0.25) is 0 Å². The molecule has 0 unspecified atom stereocenters. The fourth-order valence-corrected chi connectivity index (χ4v) is 4.53. The minimum Gasteiger partial charge on any atom is -0.361 e. The highest BCUT2D eigenvalue weighted by Crippen LogP contribution is 2.25. The summed E-state index contributed by atoms with van der Waals surface area (Å²) in [5, 5.41) is 6.83. The van der Waals surface area contributed by atoms with Gasteiger partial charge in [-0.05, 0) is 37.3 Å². The fraction of sp³-hybridized carbons (Fsp3) is 0.500. The molecule has 1 saturated carbocycles. The van der Waals surface area contributed by atoms with Crippen LogP contribution < -0.4 is 10.6 Å². The summed E-state index contributed by atoms with van der Waals surface area (Å²) in [6.45, 7) is 3.76. The van der Waals surface area contributed by atoms with Crippen molar-refractivity contribution >= 4 is 28.7 Å². The van der Waals surface area contributed by atoms with Gasteiger partial charge in [0.1, 0.15) is 12.1 Å². The third-order valence-corrected chi connectivity index (χ3v) is 6.36. The van der Waals surface area contributed by atoms with Crippen LogP contribution in [-0.2, 0) is 16.0 Å². The van der Waals surface area contributed by atoms with E-state index < -0.39 is 18.1 Å². The van der Waals surface area contributed by atoms with E-state index in [0.29, 0.717) is 12.3 Å². The maximum absolute atomic E-state index is 12.9. The Kier molecular flexibility index (Phi) is 5.30. The second-order valence-electron chi connectivity index (χ2n) is 8.33. The SMILES string of the molecule is C[C@@H]1CCCC[C@@H]1NC(=O)[C@H](C)N1C(=O)N[C@H](Cc2c[nH]c3ccccc23)C1=O. The van der Waals surface area contributed by atoms with Crippen LogP contribution in [0.5, 0.6) is 0 Å². The molecule has 7 nitrogen and oxygen atoms in total. The number of carbonyl (C=O) groups is 3. The van der Waals surface area contributed by atoms with Gasteiger partial charge < -0.3 is 15.6 Å². The minimum atomic E-state index is -0.829. The van der Waals surface area contributed by atoms with E-state index in [0.717, 1.165) is 40.6 Å². The maximum atomic E-state index is 12.9. The van der Waals surface area contributed by atoms with Crippen LogP contribution in [-0.4, -0.2) is 45.9 Å². The van der Waals surface area contributed by atoms with Crippen molar-refractivity contribution in [1.82, 2.24) is 20.5 Å². The van der Waals surface area contributed by atoms with E-state index in [9.17, 15) is 14.4 Å². The molecule has 1 aromatic carbocycles. The number of aromatic amines is 1. The topological polar surface area (TPSA) is 94.3 Å². The smallest absolute Gasteiger partial charge is 0.325 e. The van der Waals surface area contributed by atoms with Crippen LogP contribution in [0.3, 0.4) is 0 Å². The van der Waals surface area contributed by atoms with E-state index >= 15 is 0 Å². The molecular weight excluding hydrogens is 368 g/mol. The van der Waals surface area contributed by atoms with E-state index in [2.05, 4.69) is 22.5 Å². The molecule has 2 aliphatic rings. The van der Waals surface area contributed by atoms with Gasteiger partial charge in [-0.25, -0.2) is 4.79 Å². The molecule has 154 valence electrons. The number of imide groups is 1. The van der Waals surface area contributed by atoms with Crippen molar-refractivity contribution in [2.24, 2.45) is 5.92 Å². The van der Waals surface area contributed by atoms with Crippen LogP contribution in [0, 0.1) is 5.92 Å². The number of carbonyl (C=O) groups excluding carboxylic acids is 3. The van der Waals surface area contributed by atoms with E-state index in [4.69, 9.17) is 0 Å². The molecule has 29 heavy (non-hydrogen) atoms. The van der Waals surface area contributed by atoms with Crippen molar-refractivity contribution in [3.8, 4) is 0 Å². The Morgan fingerprint density at radius 3 is 2.79 bits per heavy atom. The lowest BCUT2D eigenvalue weighted by Gasteiger charge is -2.31. The Morgan fingerprint density at radius 2 is 2.00 bits per heavy atom. The quantitative estimate of drug-likeness (QED) is 0.678. The van der Waals surface area contributed by atoms with Gasteiger partial charge in [0.05, 0.1) is 0 Å². The first-order valence-corrected chi connectivity index (χ1v) is 10.4. The minimum absolute atomic E-state index is 0.112. The Morgan fingerprint density at radius 1 is 1.24 bits per heavy atom. The Bertz CT molecular complexity index is 937. The first-order valence-electron chi connectivity index (χ1n) is 10.4. The Hall–Kier alpha value is -2.83. The van der Waals surface area contributed by atoms with Crippen molar-refractivity contribution < 1.29 is 14.4 Å². The summed E-state index contributed by atoms with van der Waals surface area (Å²) in [7, 11) is 0. The van der Waals surface area contributed by atoms with Gasteiger partial charge in [0.2, 0.25) is 5.91 Å². The molecule has 4 atom stereocenters. The third kappa shape index (κ3) is 3.73. The zero-order valence-electron chi connectivity index (χ0n) is 16.9. The molecule has 4 rings (SSSR count). The summed E-state index contributed by atoms with van der Waals surface area (Å²) in [6.07, 6.45) is 6.58. The molecular formula is C22H28N4O3. The lowest BCUT2D eigenvalue weighted by molar-refractivity contribution is -0.136. The number of amides is 4. The molecule has 1 saturated heterocycles. The molecule has 1 aromatic heterocycles. The number of hydrogen-bond acceptors (Lipinski definition) is 3. The van der Waals surface area contributed by atoms with Crippen LogP contribution in [0.1, 0.15) is 45.1 Å². The highest BCUT2D eigenvalue weighted by molar-refractivity contribution is 6.07.